The fourth-order valence-corrected chi connectivity index (χ4v) is 2.94. The van der Waals surface area contributed by atoms with Crippen LogP contribution < -0.4 is 0 Å². The van der Waals surface area contributed by atoms with Gasteiger partial charge in [0.1, 0.15) is 0 Å². The maximum absolute atomic E-state index is 3.50. The minimum absolute atomic E-state index is 0.558. The number of hydrogen-bond donors (Lipinski definition) is 0. The second-order valence-corrected chi connectivity index (χ2v) is 5.85. The molecule has 1 aliphatic rings. The van der Waals surface area contributed by atoms with E-state index in [2.05, 4.69) is 84.9 Å². The molecule has 0 saturated carbocycles. The van der Waals surface area contributed by atoms with E-state index in [1.165, 1.54) is 22.3 Å². The summed E-state index contributed by atoms with van der Waals surface area (Å²) in [6, 6.07) is 17.4. The molecule has 3 nitrogen and oxygen atoms in total. The molecule has 0 unspecified atom stereocenters. The summed E-state index contributed by atoms with van der Waals surface area (Å²) >= 11 is 2.28. The number of fused-ring (bicyclic) bond motifs is 3. The van der Waals surface area contributed by atoms with Crippen molar-refractivity contribution in [2.45, 2.75) is 4.22 Å². The van der Waals surface area contributed by atoms with Crippen LogP contribution in [-0.2, 0) is 20.4 Å². The van der Waals surface area contributed by atoms with Crippen molar-refractivity contribution in [1.29, 1.82) is 0 Å². The first-order chi connectivity index (χ1) is 11.1. The van der Waals surface area contributed by atoms with Crippen molar-refractivity contribution in [2.24, 2.45) is 0 Å². The van der Waals surface area contributed by atoms with Crippen molar-refractivity contribution < 1.29 is 20.4 Å². The van der Waals surface area contributed by atoms with Gasteiger partial charge in [-0.3, -0.25) is 0 Å². The molecular weight excluding hydrogens is 318 g/mol. The molecule has 0 amide bonds. The van der Waals surface area contributed by atoms with Crippen LogP contribution in [0.4, 0.5) is 0 Å². The Morgan fingerprint density at radius 1 is 0.609 bits per heavy atom. The average molecular weight is 345 g/mol. The Kier molecular flexibility index (Phi) is 12.9. The van der Waals surface area contributed by atoms with E-state index < -0.39 is 0 Å². The van der Waals surface area contributed by atoms with E-state index >= 15 is 0 Å². The number of hydrogen-bond acceptors (Lipinski definition) is 0. The molecule has 2 aromatic carbocycles. The second kappa shape index (κ2) is 13.5. The summed E-state index contributed by atoms with van der Waals surface area (Å²) in [4.78, 5) is 0. The number of rotatable bonds is 0. The van der Waals surface area contributed by atoms with Crippen LogP contribution in [-0.4, -0.2) is 42.3 Å². The van der Waals surface area contributed by atoms with Crippen molar-refractivity contribution in [3.63, 3.8) is 0 Å². The molecule has 3 rings (SSSR count). The molecule has 0 spiro atoms. The Morgan fingerprint density at radius 2 is 0.870 bits per heavy atom. The SMILES string of the molecule is C[N-]C.C[N-]C.C[N-]C.[Ti+3][CH]1c2ccccc2-c2ccccc21. The van der Waals surface area contributed by atoms with Crippen LogP contribution in [0.15, 0.2) is 48.5 Å². The third-order valence-electron chi connectivity index (χ3n) is 2.83. The predicted octanol–water partition coefficient (Wildman–Crippen LogP) is 5.16. The second-order valence-electron chi connectivity index (χ2n) is 4.95. The first-order valence-electron chi connectivity index (χ1n) is 7.45. The molecule has 4 heteroatoms. The molecule has 0 saturated heterocycles. The van der Waals surface area contributed by atoms with Crippen LogP contribution in [0, 0.1) is 0 Å². The molecule has 122 valence electrons. The number of nitrogens with zero attached hydrogens (tertiary/aromatic N) is 3. The van der Waals surface area contributed by atoms with Gasteiger partial charge in [-0.05, 0) is 0 Å². The van der Waals surface area contributed by atoms with Gasteiger partial charge >= 0.3 is 95.4 Å². The Bertz CT molecular complexity index is 493. The summed E-state index contributed by atoms with van der Waals surface area (Å²) in [7, 11) is 10.5. The van der Waals surface area contributed by atoms with E-state index in [0.717, 1.165) is 0 Å². The fourth-order valence-electron chi connectivity index (χ4n) is 2.16. The van der Waals surface area contributed by atoms with Crippen molar-refractivity contribution in [1.82, 2.24) is 0 Å². The van der Waals surface area contributed by atoms with Gasteiger partial charge in [-0.2, -0.15) is 42.3 Å². The van der Waals surface area contributed by atoms with E-state index in [9.17, 15) is 0 Å². The molecule has 0 N–H and O–H groups in total. The third kappa shape index (κ3) is 6.98. The summed E-state index contributed by atoms with van der Waals surface area (Å²) in [5.74, 6) is 0. The van der Waals surface area contributed by atoms with Gasteiger partial charge in [-0.25, -0.2) is 0 Å². The summed E-state index contributed by atoms with van der Waals surface area (Å²) in [6.07, 6.45) is 0. The summed E-state index contributed by atoms with van der Waals surface area (Å²) in [5.41, 5.74) is 5.76. The molecule has 1 aliphatic carbocycles. The summed E-state index contributed by atoms with van der Waals surface area (Å²) < 4.78 is 0.558. The van der Waals surface area contributed by atoms with Gasteiger partial charge in [0, 0.05) is 0 Å². The predicted molar refractivity (Wildman–Crippen MR) is 99.3 cm³/mol. The van der Waals surface area contributed by atoms with E-state index in [4.69, 9.17) is 0 Å². The molecule has 0 heterocycles. The fraction of sp³-hybridized carbons (Fsp3) is 0.368. The summed E-state index contributed by atoms with van der Waals surface area (Å²) in [5, 5.41) is 10.5. The van der Waals surface area contributed by atoms with E-state index in [1.807, 2.05) is 0 Å². The zero-order valence-corrected chi connectivity index (χ0v) is 16.6. The first kappa shape index (κ1) is 22.0. The molecule has 0 atom stereocenters. The Hall–Kier alpha value is -0.966. The van der Waals surface area contributed by atoms with Crippen LogP contribution in [0.5, 0.6) is 0 Å². The van der Waals surface area contributed by atoms with E-state index in [-0.39, 0.29) is 0 Å². The Balaban J connectivity index is 0.000000457. The molecule has 0 fully saturated rings. The first-order valence-corrected chi connectivity index (χ1v) is 8.36. The zero-order valence-electron chi connectivity index (χ0n) is 15.0. The van der Waals surface area contributed by atoms with Crippen molar-refractivity contribution in [3.05, 3.63) is 75.6 Å². The Morgan fingerprint density at radius 3 is 1.17 bits per heavy atom. The molecule has 0 bridgehead atoms. The topological polar surface area (TPSA) is 42.3 Å². The monoisotopic (exact) mass is 345 g/mol. The third-order valence-corrected chi connectivity index (χ3v) is 3.81. The van der Waals surface area contributed by atoms with E-state index in [1.54, 1.807) is 42.3 Å². The Labute approximate surface area is 153 Å². The minimum atomic E-state index is 0.558. The van der Waals surface area contributed by atoms with Crippen LogP contribution in [0.1, 0.15) is 15.3 Å². The van der Waals surface area contributed by atoms with Gasteiger partial charge in [-0.1, -0.05) is 0 Å². The quantitative estimate of drug-likeness (QED) is 0.592. The molecular formula is C19H27N3Ti. The molecule has 2 aromatic rings. The maximum atomic E-state index is 3.50. The van der Waals surface area contributed by atoms with Gasteiger partial charge in [-0.15, -0.1) is 0 Å². The van der Waals surface area contributed by atoms with Gasteiger partial charge in [0.25, 0.3) is 0 Å². The van der Waals surface area contributed by atoms with Crippen LogP contribution in [0.25, 0.3) is 27.1 Å². The van der Waals surface area contributed by atoms with Crippen molar-refractivity contribution in [2.75, 3.05) is 42.3 Å². The number of benzene rings is 2. The van der Waals surface area contributed by atoms with Gasteiger partial charge in [0.15, 0.2) is 0 Å². The van der Waals surface area contributed by atoms with Crippen molar-refractivity contribution in [3.8, 4) is 11.1 Å². The standard InChI is InChI=1S/C13H9.3C2H6N.Ti/c1-3-7-12-10(5-1)9-11-6-2-4-8-13(11)12;3*1-3-2;/h1-9H;3*1-2H3;/q;3*-1;+3. The molecule has 0 radical (unpaired) electrons. The normalized spacial score (nSPS) is 10.8. The van der Waals surface area contributed by atoms with Gasteiger partial charge < -0.3 is 16.0 Å². The van der Waals surface area contributed by atoms with E-state index in [0.29, 0.717) is 4.22 Å². The van der Waals surface area contributed by atoms with Crippen LogP contribution in [0.2, 0.25) is 0 Å². The van der Waals surface area contributed by atoms with Gasteiger partial charge in [0.05, 0.1) is 0 Å². The van der Waals surface area contributed by atoms with Crippen molar-refractivity contribution >= 4 is 0 Å². The molecule has 0 aliphatic heterocycles. The van der Waals surface area contributed by atoms with Crippen LogP contribution in [0.3, 0.4) is 0 Å². The zero-order chi connectivity index (χ0) is 17.7. The average Bonchev–Trinajstić information content (AvgIpc) is 2.84. The van der Waals surface area contributed by atoms with Crippen LogP contribution >= 0.6 is 0 Å². The molecule has 23 heavy (non-hydrogen) atoms. The molecule has 0 aromatic heterocycles. The van der Waals surface area contributed by atoms with Gasteiger partial charge in [0.2, 0.25) is 0 Å². The summed E-state index contributed by atoms with van der Waals surface area (Å²) in [6.45, 7) is 0.